The first-order chi connectivity index (χ1) is 11.4. The van der Waals surface area contributed by atoms with E-state index in [0.717, 1.165) is 11.1 Å². The molecule has 0 spiro atoms. The van der Waals surface area contributed by atoms with Crippen LogP contribution < -0.4 is 9.64 Å². The summed E-state index contributed by atoms with van der Waals surface area (Å²) >= 11 is 3.29. The van der Waals surface area contributed by atoms with Crippen molar-refractivity contribution in [3.05, 3.63) is 61.6 Å². The van der Waals surface area contributed by atoms with Gasteiger partial charge in [0.25, 0.3) is 11.6 Å². The third-order valence-corrected chi connectivity index (χ3v) is 4.49. The molecule has 124 valence electrons. The molecule has 0 radical (unpaired) electrons. The number of nitrogens with zero attached hydrogens (tertiary/aromatic N) is 2. The third-order valence-electron chi connectivity index (χ3n) is 4.04. The van der Waals surface area contributed by atoms with E-state index in [1.165, 1.54) is 18.1 Å². The van der Waals surface area contributed by atoms with Crippen molar-refractivity contribution in [1.29, 1.82) is 0 Å². The van der Waals surface area contributed by atoms with Crippen LogP contribution in [0.25, 0.3) is 0 Å². The van der Waals surface area contributed by atoms with E-state index in [1.807, 2.05) is 19.1 Å². The van der Waals surface area contributed by atoms with Gasteiger partial charge in [0, 0.05) is 17.1 Å². The number of carbonyl (C=O) groups is 1. The highest BCUT2D eigenvalue weighted by molar-refractivity contribution is 9.10. The Balaban J connectivity index is 2.11. The minimum atomic E-state index is -0.456. The molecule has 0 atom stereocenters. The molecule has 1 amide bonds. The average molecular weight is 391 g/mol. The number of amides is 1. The van der Waals surface area contributed by atoms with Gasteiger partial charge in [-0.15, -0.1) is 0 Å². The number of rotatable bonds is 3. The molecule has 1 aliphatic heterocycles. The summed E-state index contributed by atoms with van der Waals surface area (Å²) in [5, 5.41) is 11.4. The Bertz CT molecular complexity index is 851. The lowest BCUT2D eigenvalue weighted by Gasteiger charge is -2.19. The van der Waals surface area contributed by atoms with Gasteiger partial charge in [-0.3, -0.25) is 14.9 Å². The van der Waals surface area contributed by atoms with Gasteiger partial charge < -0.3 is 9.64 Å². The van der Waals surface area contributed by atoms with E-state index in [-0.39, 0.29) is 11.6 Å². The number of nitro groups is 1. The average Bonchev–Trinajstić information content (AvgIpc) is 2.96. The van der Waals surface area contributed by atoms with Crippen molar-refractivity contribution in [2.45, 2.75) is 13.3 Å². The molecule has 24 heavy (non-hydrogen) atoms. The van der Waals surface area contributed by atoms with Gasteiger partial charge in [-0.2, -0.15) is 0 Å². The number of anilines is 1. The molecule has 0 N–H and O–H groups in total. The molecule has 2 aromatic carbocycles. The van der Waals surface area contributed by atoms with E-state index in [2.05, 4.69) is 15.9 Å². The molecule has 0 aromatic heterocycles. The fraction of sp³-hybridized carbons (Fsp3) is 0.235. The van der Waals surface area contributed by atoms with Crippen LogP contribution in [0.5, 0.6) is 5.75 Å². The van der Waals surface area contributed by atoms with E-state index in [1.54, 1.807) is 12.1 Å². The van der Waals surface area contributed by atoms with Gasteiger partial charge in [-0.25, -0.2) is 0 Å². The van der Waals surface area contributed by atoms with E-state index < -0.39 is 4.92 Å². The number of benzene rings is 2. The molecule has 3 rings (SSSR count). The predicted molar refractivity (Wildman–Crippen MR) is 93.9 cm³/mol. The number of carbonyl (C=O) groups excluding carboxylic acids is 1. The summed E-state index contributed by atoms with van der Waals surface area (Å²) in [7, 11) is 1.50. The van der Waals surface area contributed by atoms with E-state index in [4.69, 9.17) is 4.74 Å². The Labute approximate surface area is 147 Å². The Morgan fingerprint density at radius 2 is 2.08 bits per heavy atom. The smallest absolute Gasteiger partial charge is 0.294 e. The molecular weight excluding hydrogens is 376 g/mol. The lowest BCUT2D eigenvalue weighted by molar-refractivity contribution is -0.384. The van der Waals surface area contributed by atoms with Crippen LogP contribution in [0.1, 0.15) is 21.5 Å². The van der Waals surface area contributed by atoms with Crippen LogP contribution >= 0.6 is 15.9 Å². The summed E-state index contributed by atoms with van der Waals surface area (Å²) in [5.74, 6) is 0.165. The van der Waals surface area contributed by atoms with Gasteiger partial charge >= 0.3 is 0 Å². The van der Waals surface area contributed by atoms with Gasteiger partial charge in [0.2, 0.25) is 0 Å². The Morgan fingerprint density at radius 1 is 1.33 bits per heavy atom. The minimum Gasteiger partial charge on any atom is -0.496 e. The first-order valence-corrected chi connectivity index (χ1v) is 8.15. The number of halogens is 1. The fourth-order valence-electron chi connectivity index (χ4n) is 2.96. The number of methoxy groups -OCH3 is 1. The first-order valence-electron chi connectivity index (χ1n) is 7.35. The van der Waals surface area contributed by atoms with Crippen LogP contribution in [0.4, 0.5) is 11.4 Å². The minimum absolute atomic E-state index is 0.0724. The maximum Gasteiger partial charge on any atom is 0.294 e. The molecule has 0 saturated carbocycles. The number of ether oxygens (including phenoxy) is 1. The summed E-state index contributed by atoms with van der Waals surface area (Å²) < 4.78 is 5.91. The second-order valence-electron chi connectivity index (χ2n) is 5.60. The Kier molecular flexibility index (Phi) is 4.28. The molecule has 2 aromatic rings. The monoisotopic (exact) mass is 390 g/mol. The first kappa shape index (κ1) is 16.4. The second-order valence-corrected chi connectivity index (χ2v) is 6.52. The van der Waals surface area contributed by atoms with Crippen molar-refractivity contribution in [1.82, 2.24) is 0 Å². The highest BCUT2D eigenvalue weighted by atomic mass is 79.9. The summed E-state index contributed by atoms with van der Waals surface area (Å²) in [6, 6.07) is 8.58. The summed E-state index contributed by atoms with van der Waals surface area (Å²) in [6.45, 7) is 2.29. The molecule has 1 heterocycles. The van der Waals surface area contributed by atoms with E-state index >= 15 is 0 Å². The van der Waals surface area contributed by atoms with Crippen molar-refractivity contribution in [3.63, 3.8) is 0 Å². The normalized spacial score (nSPS) is 12.9. The zero-order valence-corrected chi connectivity index (χ0v) is 14.8. The van der Waals surface area contributed by atoms with Gasteiger partial charge in [0.15, 0.2) is 0 Å². The van der Waals surface area contributed by atoms with Crippen LogP contribution in [-0.4, -0.2) is 24.5 Å². The molecule has 1 aliphatic rings. The maximum absolute atomic E-state index is 13.0. The van der Waals surface area contributed by atoms with Gasteiger partial charge in [-0.05, 0) is 37.1 Å². The van der Waals surface area contributed by atoms with Crippen LogP contribution in [0, 0.1) is 17.0 Å². The van der Waals surface area contributed by atoms with Gasteiger partial charge in [0.05, 0.1) is 17.6 Å². The van der Waals surface area contributed by atoms with Crippen molar-refractivity contribution < 1.29 is 14.5 Å². The summed E-state index contributed by atoms with van der Waals surface area (Å²) in [5.41, 5.74) is 2.41. The number of aryl methyl sites for hydroxylation is 1. The van der Waals surface area contributed by atoms with E-state index in [9.17, 15) is 14.9 Å². The molecule has 0 fully saturated rings. The van der Waals surface area contributed by atoms with Crippen molar-refractivity contribution in [2.75, 3.05) is 18.6 Å². The number of nitro benzene ring substituents is 1. The highest BCUT2D eigenvalue weighted by Crippen LogP contribution is 2.40. The summed E-state index contributed by atoms with van der Waals surface area (Å²) in [6.07, 6.45) is 0.579. The molecule has 0 bridgehead atoms. The number of hydrogen-bond acceptors (Lipinski definition) is 4. The van der Waals surface area contributed by atoms with Crippen molar-refractivity contribution >= 4 is 33.2 Å². The van der Waals surface area contributed by atoms with Gasteiger partial charge in [0.1, 0.15) is 11.4 Å². The van der Waals surface area contributed by atoms with Crippen LogP contribution in [0.2, 0.25) is 0 Å². The largest absolute Gasteiger partial charge is 0.496 e. The molecule has 6 nitrogen and oxygen atoms in total. The molecule has 0 aliphatic carbocycles. The van der Waals surface area contributed by atoms with Gasteiger partial charge in [-0.1, -0.05) is 27.6 Å². The van der Waals surface area contributed by atoms with E-state index in [0.29, 0.717) is 34.4 Å². The van der Waals surface area contributed by atoms with Crippen LogP contribution in [0.3, 0.4) is 0 Å². The highest BCUT2D eigenvalue weighted by Gasteiger charge is 2.34. The fourth-order valence-corrected chi connectivity index (χ4v) is 3.46. The SMILES string of the molecule is COc1ccc(C)cc1C(=O)N1CCc2cc(Br)cc([N+](=O)[O-])c21. The topological polar surface area (TPSA) is 72.7 Å². The quantitative estimate of drug-likeness (QED) is 0.588. The zero-order chi connectivity index (χ0) is 17.4. The summed E-state index contributed by atoms with van der Waals surface area (Å²) in [4.78, 5) is 25.4. The molecular formula is C17H15BrN2O4. The van der Waals surface area contributed by atoms with Crippen LogP contribution in [0.15, 0.2) is 34.8 Å². The maximum atomic E-state index is 13.0. The third kappa shape index (κ3) is 2.75. The molecule has 0 unspecified atom stereocenters. The second kappa shape index (κ2) is 6.24. The number of hydrogen-bond donors (Lipinski definition) is 0. The van der Waals surface area contributed by atoms with Crippen LogP contribution in [-0.2, 0) is 6.42 Å². The molecule has 7 heteroatoms. The van der Waals surface area contributed by atoms with Crippen molar-refractivity contribution in [3.8, 4) is 5.75 Å². The van der Waals surface area contributed by atoms with Crippen molar-refractivity contribution in [2.24, 2.45) is 0 Å². The molecule has 0 saturated heterocycles. The lowest BCUT2D eigenvalue weighted by Crippen LogP contribution is -2.29. The number of fused-ring (bicyclic) bond motifs is 1. The standard InChI is InChI=1S/C17H15BrN2O4/c1-10-3-4-15(24-2)13(7-10)17(21)19-6-5-11-8-12(18)9-14(16(11)19)20(22)23/h3-4,7-9H,5-6H2,1-2H3. The Hall–Kier alpha value is -2.41. The Morgan fingerprint density at radius 3 is 2.75 bits per heavy atom. The zero-order valence-electron chi connectivity index (χ0n) is 13.2. The predicted octanol–water partition coefficient (Wildman–Crippen LogP) is 3.88. The lowest BCUT2D eigenvalue weighted by atomic mass is 10.1.